The zero-order valence-corrected chi connectivity index (χ0v) is 20.7. The van der Waals surface area contributed by atoms with Crippen molar-refractivity contribution in [2.45, 2.75) is 25.7 Å². The van der Waals surface area contributed by atoms with Gasteiger partial charge in [0.1, 0.15) is 30.8 Å². The predicted molar refractivity (Wildman–Crippen MR) is 142 cm³/mol. The second kappa shape index (κ2) is 12.6. The van der Waals surface area contributed by atoms with Crippen LogP contribution in [0.25, 0.3) is 0 Å². The van der Waals surface area contributed by atoms with Crippen LogP contribution in [-0.2, 0) is 24.4 Å². The van der Waals surface area contributed by atoms with Gasteiger partial charge in [0.05, 0.1) is 0 Å². The quantitative estimate of drug-likeness (QED) is 0.259. The molecule has 0 heterocycles. The zero-order chi connectivity index (χ0) is 26.0. The molecule has 0 fully saturated rings. The zero-order valence-electron chi connectivity index (χ0n) is 20.0. The van der Waals surface area contributed by atoms with Crippen LogP contribution < -0.4 is 14.8 Å². The van der Waals surface area contributed by atoms with Gasteiger partial charge in [0, 0.05) is 17.0 Å². The van der Waals surface area contributed by atoms with Crippen LogP contribution in [0.4, 0.5) is 0 Å². The fourth-order valence-electron chi connectivity index (χ4n) is 3.64. The van der Waals surface area contributed by atoms with Gasteiger partial charge < -0.3 is 19.9 Å². The second-order valence-electron chi connectivity index (χ2n) is 8.43. The first-order valence-electron chi connectivity index (χ1n) is 11.7. The molecular weight excluding hydrogens is 490 g/mol. The Bertz CT molecular complexity index is 1320. The van der Waals surface area contributed by atoms with Gasteiger partial charge in [-0.05, 0) is 65.2 Å². The van der Waals surface area contributed by atoms with Crippen molar-refractivity contribution in [3.63, 3.8) is 0 Å². The van der Waals surface area contributed by atoms with Gasteiger partial charge >= 0.3 is 5.97 Å². The van der Waals surface area contributed by atoms with Crippen molar-refractivity contribution in [3.8, 4) is 11.5 Å². The van der Waals surface area contributed by atoms with E-state index in [4.69, 9.17) is 21.1 Å². The fraction of sp³-hybridized carbons (Fsp3) is 0.133. The number of hydrogen-bond donors (Lipinski definition) is 2. The third-order valence-electron chi connectivity index (χ3n) is 5.63. The molecule has 4 rings (SSSR count). The van der Waals surface area contributed by atoms with E-state index in [1.807, 2.05) is 48.5 Å². The van der Waals surface area contributed by atoms with E-state index in [0.29, 0.717) is 35.3 Å². The van der Waals surface area contributed by atoms with E-state index in [0.717, 1.165) is 16.7 Å². The summed E-state index contributed by atoms with van der Waals surface area (Å²) < 4.78 is 11.5. The van der Waals surface area contributed by atoms with Crippen LogP contribution in [0.2, 0.25) is 5.02 Å². The predicted octanol–water partition coefficient (Wildman–Crippen LogP) is 5.92. The van der Waals surface area contributed by atoms with Crippen LogP contribution in [0.15, 0.2) is 103 Å². The number of ether oxygens (including phenoxy) is 2. The lowest BCUT2D eigenvalue weighted by molar-refractivity contribution is -0.139. The van der Waals surface area contributed by atoms with Crippen LogP contribution in [-0.4, -0.2) is 23.0 Å². The minimum absolute atomic E-state index is 0.140. The topological polar surface area (TPSA) is 84.9 Å². The molecule has 188 valence electrons. The summed E-state index contributed by atoms with van der Waals surface area (Å²) >= 11 is 5.99. The van der Waals surface area contributed by atoms with Crippen molar-refractivity contribution in [2.24, 2.45) is 0 Å². The van der Waals surface area contributed by atoms with E-state index >= 15 is 0 Å². The maximum absolute atomic E-state index is 12.7. The number of aliphatic carboxylic acids is 1. The van der Waals surface area contributed by atoms with Crippen molar-refractivity contribution < 1.29 is 24.2 Å². The number of carbonyl (C=O) groups is 2. The van der Waals surface area contributed by atoms with Gasteiger partial charge in [-0.25, -0.2) is 4.79 Å². The van der Waals surface area contributed by atoms with Crippen molar-refractivity contribution in [2.75, 3.05) is 0 Å². The molecule has 0 radical (unpaired) electrons. The molecule has 4 aromatic carbocycles. The number of benzene rings is 4. The fourth-order valence-corrected chi connectivity index (χ4v) is 3.85. The van der Waals surface area contributed by atoms with Gasteiger partial charge in [-0.2, -0.15) is 0 Å². The van der Waals surface area contributed by atoms with E-state index in [1.54, 1.807) is 54.6 Å². The summed E-state index contributed by atoms with van der Waals surface area (Å²) in [5.74, 6) is -0.321. The number of rotatable bonds is 11. The SMILES string of the molecule is O=C(N[C@@H](Cc1ccc(OCc2ccccc2)cc1)C(=O)O)c1ccc(OCc2cccc(Cl)c2)cc1. The Morgan fingerprint density at radius 1 is 0.730 bits per heavy atom. The number of halogens is 1. The van der Waals surface area contributed by atoms with Gasteiger partial charge in [0.2, 0.25) is 0 Å². The Morgan fingerprint density at radius 3 is 1.95 bits per heavy atom. The number of carbonyl (C=O) groups excluding carboxylic acids is 1. The van der Waals surface area contributed by atoms with E-state index in [1.165, 1.54) is 0 Å². The lowest BCUT2D eigenvalue weighted by Gasteiger charge is -2.15. The Balaban J connectivity index is 1.30. The third kappa shape index (κ3) is 7.85. The summed E-state index contributed by atoms with van der Waals surface area (Å²) in [5, 5.41) is 12.9. The molecule has 0 saturated carbocycles. The van der Waals surface area contributed by atoms with Gasteiger partial charge in [0.25, 0.3) is 5.91 Å². The van der Waals surface area contributed by atoms with Crippen molar-refractivity contribution in [1.29, 1.82) is 0 Å². The first kappa shape index (κ1) is 25.8. The van der Waals surface area contributed by atoms with E-state index < -0.39 is 17.9 Å². The molecule has 0 aliphatic heterocycles. The molecule has 0 saturated heterocycles. The molecule has 1 amide bonds. The van der Waals surface area contributed by atoms with Gasteiger partial charge in [0.15, 0.2) is 0 Å². The molecule has 37 heavy (non-hydrogen) atoms. The second-order valence-corrected chi connectivity index (χ2v) is 8.87. The lowest BCUT2D eigenvalue weighted by atomic mass is 10.1. The number of carboxylic acids is 1. The Labute approximate surface area is 220 Å². The van der Waals surface area contributed by atoms with Gasteiger partial charge in [-0.1, -0.05) is 66.2 Å². The normalized spacial score (nSPS) is 11.4. The van der Waals surface area contributed by atoms with Crippen molar-refractivity contribution in [1.82, 2.24) is 5.32 Å². The maximum Gasteiger partial charge on any atom is 0.326 e. The van der Waals surface area contributed by atoms with E-state index in [9.17, 15) is 14.7 Å². The first-order chi connectivity index (χ1) is 18.0. The highest BCUT2D eigenvalue weighted by Crippen LogP contribution is 2.18. The highest BCUT2D eigenvalue weighted by atomic mass is 35.5. The summed E-state index contributed by atoms with van der Waals surface area (Å²) in [4.78, 5) is 24.5. The Morgan fingerprint density at radius 2 is 1.32 bits per heavy atom. The summed E-state index contributed by atoms with van der Waals surface area (Å²) in [6.45, 7) is 0.779. The first-order valence-corrected chi connectivity index (χ1v) is 12.1. The molecule has 7 heteroatoms. The highest BCUT2D eigenvalue weighted by molar-refractivity contribution is 6.30. The minimum Gasteiger partial charge on any atom is -0.489 e. The highest BCUT2D eigenvalue weighted by Gasteiger charge is 2.21. The number of nitrogens with one attached hydrogen (secondary N) is 1. The van der Waals surface area contributed by atoms with E-state index in [2.05, 4.69) is 5.32 Å². The molecular formula is C30H26ClNO5. The average Bonchev–Trinajstić information content (AvgIpc) is 2.92. The minimum atomic E-state index is -1.11. The summed E-state index contributed by atoms with van der Waals surface area (Å²) in [5.41, 5.74) is 3.09. The molecule has 4 aromatic rings. The molecule has 0 aromatic heterocycles. The largest absolute Gasteiger partial charge is 0.489 e. The Hall–Kier alpha value is -4.29. The standard InChI is InChI=1S/C30H26ClNO5/c31-25-8-4-7-23(17-25)20-37-27-15-11-24(12-16-27)29(33)32-28(30(34)35)18-21-9-13-26(14-10-21)36-19-22-5-2-1-3-6-22/h1-17,28H,18-20H2,(H,32,33)(H,34,35)/t28-/m0/s1. The van der Waals surface area contributed by atoms with Crippen LogP contribution >= 0.6 is 11.6 Å². The van der Waals surface area contributed by atoms with Crippen molar-refractivity contribution in [3.05, 3.63) is 130 Å². The van der Waals surface area contributed by atoms with Crippen LogP contribution in [0.1, 0.15) is 27.0 Å². The third-order valence-corrected chi connectivity index (χ3v) is 5.86. The van der Waals surface area contributed by atoms with Crippen molar-refractivity contribution >= 4 is 23.5 Å². The molecule has 0 aliphatic carbocycles. The van der Waals surface area contributed by atoms with E-state index in [-0.39, 0.29) is 6.42 Å². The summed E-state index contributed by atoms with van der Waals surface area (Å²) in [6, 6.07) is 29.8. The average molecular weight is 516 g/mol. The number of carboxylic acid groups (broad SMARTS) is 1. The summed E-state index contributed by atoms with van der Waals surface area (Å²) in [6.07, 6.45) is 0.140. The Kier molecular flexibility index (Phi) is 8.79. The molecule has 0 spiro atoms. The molecule has 0 aliphatic rings. The van der Waals surface area contributed by atoms with Gasteiger partial charge in [-0.3, -0.25) is 4.79 Å². The molecule has 6 nitrogen and oxygen atoms in total. The molecule has 0 unspecified atom stereocenters. The molecule has 1 atom stereocenters. The lowest BCUT2D eigenvalue weighted by Crippen LogP contribution is -2.42. The maximum atomic E-state index is 12.7. The van der Waals surface area contributed by atoms with Gasteiger partial charge in [-0.15, -0.1) is 0 Å². The summed E-state index contributed by atoms with van der Waals surface area (Å²) in [7, 11) is 0. The number of hydrogen-bond acceptors (Lipinski definition) is 4. The molecule has 0 bridgehead atoms. The van der Waals surface area contributed by atoms with Crippen LogP contribution in [0, 0.1) is 0 Å². The smallest absolute Gasteiger partial charge is 0.326 e. The van der Waals surface area contributed by atoms with Crippen LogP contribution in [0.3, 0.4) is 0 Å². The molecule has 2 N–H and O–H groups in total. The van der Waals surface area contributed by atoms with Crippen LogP contribution in [0.5, 0.6) is 11.5 Å². The number of amides is 1. The monoisotopic (exact) mass is 515 g/mol.